The molecule has 0 unspecified atom stereocenters. The van der Waals surface area contributed by atoms with Gasteiger partial charge in [0, 0.05) is 11.7 Å². The van der Waals surface area contributed by atoms with Crippen molar-refractivity contribution in [3.05, 3.63) is 29.8 Å². The van der Waals surface area contributed by atoms with Crippen LogP contribution in [0.5, 0.6) is 0 Å². The molecular formula is C15H19FN2O. The summed E-state index contributed by atoms with van der Waals surface area (Å²) >= 11 is 0. The molecule has 0 heterocycles. The lowest BCUT2D eigenvalue weighted by atomic mass is 10.0. The molecule has 0 fully saturated rings. The second-order valence-electron chi connectivity index (χ2n) is 5.13. The smallest absolute Gasteiger partial charge is 0.285 e. The van der Waals surface area contributed by atoms with E-state index >= 15 is 0 Å². The number of benzene rings is 1. The van der Waals surface area contributed by atoms with E-state index in [4.69, 9.17) is 6.42 Å². The molecule has 0 saturated carbocycles. The van der Waals surface area contributed by atoms with E-state index in [0.29, 0.717) is 5.69 Å². The fourth-order valence-corrected chi connectivity index (χ4v) is 1.52. The van der Waals surface area contributed by atoms with Crippen molar-refractivity contribution in [2.24, 2.45) is 0 Å². The molecule has 1 amide bonds. The van der Waals surface area contributed by atoms with Crippen molar-refractivity contribution >= 4 is 11.6 Å². The molecule has 19 heavy (non-hydrogen) atoms. The van der Waals surface area contributed by atoms with Crippen LogP contribution >= 0.6 is 0 Å². The van der Waals surface area contributed by atoms with Gasteiger partial charge in [-0.25, -0.2) is 0 Å². The summed E-state index contributed by atoms with van der Waals surface area (Å²) in [6, 6.07) is 6.94. The third kappa shape index (κ3) is 3.47. The van der Waals surface area contributed by atoms with Gasteiger partial charge in [-0.05, 0) is 39.8 Å². The maximum Gasteiger partial charge on any atom is 0.285 e. The maximum absolute atomic E-state index is 14.1. The van der Waals surface area contributed by atoms with Gasteiger partial charge in [0.05, 0.1) is 5.56 Å². The largest absolute Gasteiger partial charge is 0.382 e. The van der Waals surface area contributed by atoms with Gasteiger partial charge in [0.25, 0.3) is 5.91 Å². The fraction of sp³-hybridized carbons (Fsp3) is 0.400. The van der Waals surface area contributed by atoms with Crippen molar-refractivity contribution in [3.8, 4) is 12.3 Å². The van der Waals surface area contributed by atoms with E-state index in [0.717, 1.165) is 0 Å². The Morgan fingerprint density at radius 3 is 2.53 bits per heavy atom. The highest BCUT2D eigenvalue weighted by Crippen LogP contribution is 2.23. The molecule has 0 aliphatic heterocycles. The topological polar surface area (TPSA) is 32.3 Å². The second kappa shape index (κ2) is 5.75. The van der Waals surface area contributed by atoms with Crippen molar-refractivity contribution in [2.75, 3.05) is 5.32 Å². The van der Waals surface area contributed by atoms with Crippen LogP contribution in [0.1, 0.15) is 38.1 Å². The Labute approximate surface area is 113 Å². The van der Waals surface area contributed by atoms with Gasteiger partial charge in [0.2, 0.25) is 0 Å². The highest BCUT2D eigenvalue weighted by atomic mass is 19.2. The number of anilines is 1. The van der Waals surface area contributed by atoms with Crippen molar-refractivity contribution in [3.63, 3.8) is 0 Å². The van der Waals surface area contributed by atoms with Crippen molar-refractivity contribution in [1.82, 2.24) is 5.12 Å². The molecule has 0 spiro atoms. The zero-order chi connectivity index (χ0) is 14.6. The summed E-state index contributed by atoms with van der Waals surface area (Å²) in [5.41, 5.74) is -0.415. The first-order valence-corrected chi connectivity index (χ1v) is 6.13. The van der Waals surface area contributed by atoms with Gasteiger partial charge in [-0.15, -0.1) is 6.42 Å². The molecule has 1 aromatic rings. The maximum atomic E-state index is 14.1. The lowest BCUT2D eigenvalue weighted by Gasteiger charge is -2.26. The third-order valence-electron chi connectivity index (χ3n) is 2.62. The monoisotopic (exact) mass is 262 g/mol. The van der Waals surface area contributed by atoms with Crippen molar-refractivity contribution in [1.29, 1.82) is 0 Å². The Morgan fingerprint density at radius 1 is 1.42 bits per heavy atom. The number of hydrogen-bond donors (Lipinski definition) is 1. The predicted molar refractivity (Wildman–Crippen MR) is 75.4 cm³/mol. The van der Waals surface area contributed by atoms with E-state index in [9.17, 15) is 9.28 Å². The van der Waals surface area contributed by atoms with E-state index in [1.807, 2.05) is 13.8 Å². The summed E-state index contributed by atoms with van der Waals surface area (Å²) in [4.78, 5) is 12.2. The zero-order valence-corrected chi connectivity index (χ0v) is 11.7. The van der Waals surface area contributed by atoms with Crippen molar-refractivity contribution < 1.29 is 9.28 Å². The van der Waals surface area contributed by atoms with E-state index in [2.05, 4.69) is 11.2 Å². The lowest BCUT2D eigenvalue weighted by molar-refractivity contribution is -0.0183. The van der Waals surface area contributed by atoms with Crippen LogP contribution in [0.4, 0.5) is 10.2 Å². The lowest BCUT2D eigenvalue weighted by Crippen LogP contribution is -2.41. The third-order valence-corrected chi connectivity index (χ3v) is 2.62. The summed E-state index contributed by atoms with van der Waals surface area (Å²) in [7, 11) is 0. The van der Waals surface area contributed by atoms with Gasteiger partial charge >= 0.3 is 0 Å². The molecule has 1 N–H and O–H groups in total. The highest BCUT2D eigenvalue weighted by molar-refractivity contribution is 5.99. The van der Waals surface area contributed by atoms with Crippen LogP contribution in [0, 0.1) is 12.3 Å². The number of carbonyl (C=O) groups is 1. The van der Waals surface area contributed by atoms with Gasteiger partial charge in [0.15, 0.2) is 0 Å². The van der Waals surface area contributed by atoms with Crippen LogP contribution in [0.3, 0.4) is 0 Å². The van der Waals surface area contributed by atoms with Gasteiger partial charge in [0.1, 0.15) is 5.54 Å². The van der Waals surface area contributed by atoms with Crippen LogP contribution < -0.4 is 5.32 Å². The SMILES string of the molecule is C#CC(C)(C)N(F)C(=O)c1ccccc1NC(C)C. The molecule has 0 saturated heterocycles. The van der Waals surface area contributed by atoms with E-state index in [-0.39, 0.29) is 16.7 Å². The Bertz CT molecular complexity index is 503. The molecule has 0 bridgehead atoms. The summed E-state index contributed by atoms with van der Waals surface area (Å²) in [5, 5.41) is 3.20. The van der Waals surface area contributed by atoms with E-state index in [1.54, 1.807) is 24.3 Å². The summed E-state index contributed by atoms with van der Waals surface area (Å²) in [6.45, 7) is 6.84. The normalized spacial score (nSPS) is 11.0. The zero-order valence-electron chi connectivity index (χ0n) is 11.7. The quantitative estimate of drug-likeness (QED) is 0.667. The Hall–Kier alpha value is -2.02. The Kier molecular flexibility index (Phi) is 4.55. The summed E-state index contributed by atoms with van der Waals surface area (Å²) in [5.74, 6) is 1.52. The number of halogens is 1. The number of hydrogen-bond acceptors (Lipinski definition) is 2. The van der Waals surface area contributed by atoms with Gasteiger partial charge in [-0.1, -0.05) is 22.5 Å². The standard InChI is InChI=1S/C15H19FN2O/c1-6-15(4,5)18(16)14(19)12-9-7-8-10-13(12)17-11(2)3/h1,7-11,17H,2-5H3. The number of terminal acetylenes is 1. The molecule has 1 rings (SSSR count). The average molecular weight is 262 g/mol. The number of para-hydroxylation sites is 1. The number of rotatable bonds is 4. The molecule has 4 heteroatoms. The fourth-order valence-electron chi connectivity index (χ4n) is 1.52. The van der Waals surface area contributed by atoms with Gasteiger partial charge in [-0.2, -0.15) is 5.12 Å². The van der Waals surface area contributed by atoms with Crippen LogP contribution in [-0.2, 0) is 0 Å². The average Bonchev–Trinajstić information content (AvgIpc) is 2.37. The molecule has 102 valence electrons. The number of nitrogens with one attached hydrogen (secondary N) is 1. The first-order valence-electron chi connectivity index (χ1n) is 6.13. The first-order chi connectivity index (χ1) is 8.79. The van der Waals surface area contributed by atoms with Gasteiger partial charge < -0.3 is 5.32 Å². The highest BCUT2D eigenvalue weighted by Gasteiger charge is 2.31. The van der Waals surface area contributed by atoms with Crippen molar-refractivity contribution in [2.45, 2.75) is 39.3 Å². The second-order valence-corrected chi connectivity index (χ2v) is 5.13. The Morgan fingerprint density at radius 2 is 2.00 bits per heavy atom. The minimum atomic E-state index is -1.28. The van der Waals surface area contributed by atoms with E-state index < -0.39 is 11.4 Å². The number of nitrogens with zero attached hydrogens (tertiary/aromatic N) is 1. The molecule has 0 aliphatic rings. The van der Waals surface area contributed by atoms with Crippen LogP contribution in [0.15, 0.2) is 24.3 Å². The minimum Gasteiger partial charge on any atom is -0.382 e. The van der Waals surface area contributed by atoms with Crippen LogP contribution in [0.2, 0.25) is 0 Å². The number of amides is 1. The molecule has 1 aromatic carbocycles. The Balaban J connectivity index is 3.10. The summed E-state index contributed by atoms with van der Waals surface area (Å²) < 4.78 is 14.1. The van der Waals surface area contributed by atoms with E-state index in [1.165, 1.54) is 13.8 Å². The number of carbonyl (C=O) groups excluding carboxylic acids is 1. The molecule has 3 nitrogen and oxygen atoms in total. The van der Waals surface area contributed by atoms with Crippen LogP contribution in [-0.4, -0.2) is 22.6 Å². The first kappa shape index (κ1) is 15.0. The molecule has 0 aliphatic carbocycles. The summed E-state index contributed by atoms with van der Waals surface area (Å²) in [6.07, 6.45) is 5.24. The van der Waals surface area contributed by atoms with Gasteiger partial charge in [-0.3, -0.25) is 4.79 Å². The predicted octanol–water partition coefficient (Wildman–Crippen LogP) is 3.25. The molecule has 0 atom stereocenters. The molecule has 0 radical (unpaired) electrons. The molecular weight excluding hydrogens is 243 g/mol. The minimum absolute atomic E-state index is 0.0911. The molecule has 0 aromatic heterocycles. The van der Waals surface area contributed by atoms with Crippen LogP contribution in [0.25, 0.3) is 0 Å².